The number of aromatic nitrogens is 2. The summed E-state index contributed by atoms with van der Waals surface area (Å²) in [4.78, 5) is 7.78. The van der Waals surface area contributed by atoms with Gasteiger partial charge in [0.05, 0.1) is 5.69 Å². The van der Waals surface area contributed by atoms with Gasteiger partial charge in [-0.3, -0.25) is 0 Å². The molecule has 0 aromatic carbocycles. The summed E-state index contributed by atoms with van der Waals surface area (Å²) < 4.78 is 13.9. The molecular weight excluding hydrogens is 259 g/mol. The van der Waals surface area contributed by atoms with Gasteiger partial charge in [0, 0.05) is 0 Å². The molecule has 0 unspecified atom stereocenters. The van der Waals surface area contributed by atoms with Crippen LogP contribution in [0.5, 0.6) is 0 Å². The lowest BCUT2D eigenvalue weighted by molar-refractivity contribution is 0.349. The fourth-order valence-electron chi connectivity index (χ4n) is 2.19. The number of hydrogen-bond acceptors (Lipinski definition) is 2. The van der Waals surface area contributed by atoms with Gasteiger partial charge in [-0.15, -0.1) is 0 Å². The van der Waals surface area contributed by atoms with E-state index in [1.807, 2.05) is 0 Å². The Morgan fingerprint density at radius 1 is 1.27 bits per heavy atom. The minimum atomic E-state index is -0.289. The van der Waals surface area contributed by atoms with Gasteiger partial charge in [0.15, 0.2) is 5.82 Å². The third-order valence-electron chi connectivity index (χ3n) is 3.03. The summed E-state index contributed by atoms with van der Waals surface area (Å²) >= 11 is 3.08. The molecule has 2 nitrogen and oxygen atoms in total. The maximum Gasteiger partial charge on any atom is 0.177 e. The van der Waals surface area contributed by atoms with E-state index in [2.05, 4.69) is 25.9 Å². The van der Waals surface area contributed by atoms with Gasteiger partial charge in [-0.05, 0) is 28.3 Å². The van der Waals surface area contributed by atoms with Crippen LogP contribution >= 0.6 is 15.9 Å². The molecule has 0 spiro atoms. The average Bonchev–Trinajstić information content (AvgIpc) is 2.26. The van der Waals surface area contributed by atoms with Crippen molar-refractivity contribution in [1.82, 2.24) is 9.97 Å². The second kappa shape index (κ2) is 5.01. The number of rotatable bonds is 2. The van der Waals surface area contributed by atoms with Crippen molar-refractivity contribution in [3.63, 3.8) is 0 Å². The highest BCUT2D eigenvalue weighted by Gasteiger charge is 2.17. The number of halogens is 2. The van der Waals surface area contributed by atoms with Crippen molar-refractivity contribution >= 4 is 15.9 Å². The molecule has 0 radical (unpaired) electrons. The van der Waals surface area contributed by atoms with Crippen LogP contribution in [0.1, 0.15) is 37.8 Å². The van der Waals surface area contributed by atoms with E-state index in [4.69, 9.17) is 0 Å². The lowest BCUT2D eigenvalue weighted by Gasteiger charge is -2.21. The molecule has 0 N–H and O–H groups in total. The molecule has 15 heavy (non-hydrogen) atoms. The quantitative estimate of drug-likeness (QED) is 0.771. The van der Waals surface area contributed by atoms with Gasteiger partial charge in [0.25, 0.3) is 0 Å². The summed E-state index contributed by atoms with van der Waals surface area (Å²) in [6, 6.07) is 0. The summed E-state index contributed by atoms with van der Waals surface area (Å²) in [7, 11) is 0. The summed E-state index contributed by atoms with van der Waals surface area (Å²) in [6.45, 7) is 0. The largest absolute Gasteiger partial charge is 0.238 e. The van der Waals surface area contributed by atoms with E-state index in [1.165, 1.54) is 38.4 Å². The van der Waals surface area contributed by atoms with Gasteiger partial charge >= 0.3 is 0 Å². The molecular formula is C11H14BrFN2. The van der Waals surface area contributed by atoms with E-state index in [1.54, 1.807) is 0 Å². The Balaban J connectivity index is 2.06. The number of hydrogen-bond donors (Lipinski definition) is 0. The molecule has 1 aromatic rings. The van der Waals surface area contributed by atoms with Crippen molar-refractivity contribution in [2.45, 2.75) is 38.5 Å². The van der Waals surface area contributed by atoms with E-state index in [-0.39, 0.29) is 10.4 Å². The molecule has 1 aromatic heterocycles. The fourth-order valence-corrected chi connectivity index (χ4v) is 2.51. The van der Waals surface area contributed by atoms with E-state index < -0.39 is 0 Å². The minimum absolute atomic E-state index is 0.281. The molecule has 1 saturated carbocycles. The zero-order chi connectivity index (χ0) is 10.7. The number of nitrogens with zero attached hydrogens (tertiary/aromatic N) is 2. The Morgan fingerprint density at radius 2 is 2.00 bits per heavy atom. The summed E-state index contributed by atoms with van der Waals surface area (Å²) in [5.74, 6) is 0.318. The molecule has 1 fully saturated rings. The van der Waals surface area contributed by atoms with Gasteiger partial charge < -0.3 is 0 Å². The lowest BCUT2D eigenvalue weighted by atomic mass is 9.86. The van der Waals surface area contributed by atoms with Gasteiger partial charge in [0.1, 0.15) is 10.9 Å². The zero-order valence-corrected chi connectivity index (χ0v) is 10.1. The van der Waals surface area contributed by atoms with Crippen molar-refractivity contribution in [2.75, 3.05) is 0 Å². The first-order chi connectivity index (χ1) is 7.27. The minimum Gasteiger partial charge on any atom is -0.238 e. The fraction of sp³-hybridized carbons (Fsp3) is 0.636. The van der Waals surface area contributed by atoms with E-state index in [0.717, 1.165) is 6.42 Å². The van der Waals surface area contributed by atoms with Crippen LogP contribution in [0.15, 0.2) is 10.9 Å². The maximum atomic E-state index is 13.6. The first kappa shape index (κ1) is 11.0. The third kappa shape index (κ3) is 2.74. The summed E-state index contributed by atoms with van der Waals surface area (Å²) in [5, 5.41) is 0. The van der Waals surface area contributed by atoms with Crippen molar-refractivity contribution in [1.29, 1.82) is 0 Å². The highest BCUT2D eigenvalue weighted by molar-refractivity contribution is 9.10. The van der Waals surface area contributed by atoms with Crippen LogP contribution in [0.25, 0.3) is 0 Å². The van der Waals surface area contributed by atoms with Crippen LogP contribution in [0.2, 0.25) is 0 Å². The Kier molecular flexibility index (Phi) is 3.67. The van der Waals surface area contributed by atoms with E-state index in [0.29, 0.717) is 11.6 Å². The molecule has 0 amide bonds. The predicted octanol–water partition coefficient (Wildman–Crippen LogP) is 3.50. The third-order valence-corrected chi connectivity index (χ3v) is 3.58. The molecule has 0 bridgehead atoms. The van der Waals surface area contributed by atoms with Crippen LogP contribution in [0, 0.1) is 11.7 Å². The van der Waals surface area contributed by atoms with E-state index >= 15 is 0 Å². The first-order valence-corrected chi connectivity index (χ1v) is 6.21. The Bertz CT molecular complexity index is 337. The highest BCUT2D eigenvalue weighted by Crippen LogP contribution is 2.27. The second-order valence-electron chi connectivity index (χ2n) is 4.13. The molecule has 2 rings (SSSR count). The molecule has 1 heterocycles. The van der Waals surface area contributed by atoms with Gasteiger partial charge in [-0.25, -0.2) is 14.4 Å². The first-order valence-electron chi connectivity index (χ1n) is 5.42. The van der Waals surface area contributed by atoms with Crippen molar-refractivity contribution in [3.05, 3.63) is 22.4 Å². The van der Waals surface area contributed by atoms with Crippen LogP contribution < -0.4 is 0 Å². The van der Waals surface area contributed by atoms with Crippen molar-refractivity contribution in [2.24, 2.45) is 5.92 Å². The normalized spacial score (nSPS) is 18.0. The Morgan fingerprint density at radius 3 is 2.73 bits per heavy atom. The van der Waals surface area contributed by atoms with Gasteiger partial charge in [0.2, 0.25) is 0 Å². The molecule has 82 valence electrons. The SMILES string of the molecule is Fc1c(Br)ncnc1CC1CCCCC1. The van der Waals surface area contributed by atoms with E-state index in [9.17, 15) is 4.39 Å². The van der Waals surface area contributed by atoms with Crippen molar-refractivity contribution in [3.8, 4) is 0 Å². The monoisotopic (exact) mass is 272 g/mol. The molecule has 1 aliphatic rings. The smallest absolute Gasteiger partial charge is 0.177 e. The summed E-state index contributed by atoms with van der Waals surface area (Å²) in [5.41, 5.74) is 0.559. The molecule has 1 aliphatic carbocycles. The summed E-state index contributed by atoms with van der Waals surface area (Å²) in [6.07, 6.45) is 8.48. The second-order valence-corrected chi connectivity index (χ2v) is 4.88. The predicted molar refractivity (Wildman–Crippen MR) is 60.0 cm³/mol. The average molecular weight is 273 g/mol. The standard InChI is InChI=1S/C11H14BrFN2/c12-11-10(13)9(14-7-15-11)6-8-4-2-1-3-5-8/h7-8H,1-6H2. The van der Waals surface area contributed by atoms with Gasteiger partial charge in [-0.2, -0.15) is 0 Å². The Labute approximate surface area is 97.5 Å². The lowest BCUT2D eigenvalue weighted by Crippen LogP contribution is -2.11. The van der Waals surface area contributed by atoms with Crippen LogP contribution in [0.3, 0.4) is 0 Å². The molecule has 0 aliphatic heterocycles. The van der Waals surface area contributed by atoms with Crippen LogP contribution in [-0.2, 0) is 6.42 Å². The van der Waals surface area contributed by atoms with Crippen LogP contribution in [-0.4, -0.2) is 9.97 Å². The van der Waals surface area contributed by atoms with Crippen molar-refractivity contribution < 1.29 is 4.39 Å². The molecule has 0 atom stereocenters. The molecule has 0 saturated heterocycles. The highest BCUT2D eigenvalue weighted by atomic mass is 79.9. The van der Waals surface area contributed by atoms with Crippen LogP contribution in [0.4, 0.5) is 4.39 Å². The Hall–Kier alpha value is -0.510. The zero-order valence-electron chi connectivity index (χ0n) is 8.55. The van der Waals surface area contributed by atoms with Gasteiger partial charge in [-0.1, -0.05) is 32.1 Å². The topological polar surface area (TPSA) is 25.8 Å². The molecule has 4 heteroatoms. The maximum absolute atomic E-state index is 13.6.